The predicted octanol–water partition coefficient (Wildman–Crippen LogP) is 2.87. The Balaban J connectivity index is 1.96. The van der Waals surface area contributed by atoms with Crippen molar-refractivity contribution in [2.45, 2.75) is 6.42 Å². The minimum atomic E-state index is -0.0228. The minimum Gasteiger partial charge on any atom is -0.341 e. The highest BCUT2D eigenvalue weighted by molar-refractivity contribution is 5.94. The zero-order chi connectivity index (χ0) is 14.4. The van der Waals surface area contributed by atoms with Crippen molar-refractivity contribution in [2.75, 3.05) is 13.6 Å². The number of nitrogens with zero attached hydrogens (tertiary/aromatic N) is 2. The molecule has 2 aromatic carbocycles. The molecule has 0 aliphatic rings. The van der Waals surface area contributed by atoms with Gasteiger partial charge in [0.25, 0.3) is 5.91 Å². The van der Waals surface area contributed by atoms with Gasteiger partial charge in [0.2, 0.25) is 0 Å². The highest BCUT2D eigenvalue weighted by atomic mass is 16.2. The van der Waals surface area contributed by atoms with Crippen LogP contribution in [0.4, 0.5) is 0 Å². The van der Waals surface area contributed by atoms with Crippen LogP contribution in [0.1, 0.15) is 21.5 Å². The maximum absolute atomic E-state index is 12.2. The van der Waals surface area contributed by atoms with Crippen molar-refractivity contribution in [1.82, 2.24) is 4.90 Å². The first-order chi connectivity index (χ1) is 9.70. The van der Waals surface area contributed by atoms with Crippen LogP contribution >= 0.6 is 0 Å². The van der Waals surface area contributed by atoms with Crippen molar-refractivity contribution in [1.29, 1.82) is 5.26 Å². The summed E-state index contributed by atoms with van der Waals surface area (Å²) in [6.07, 6.45) is 0.833. The van der Waals surface area contributed by atoms with Crippen LogP contribution < -0.4 is 0 Å². The van der Waals surface area contributed by atoms with Crippen molar-refractivity contribution in [2.24, 2.45) is 0 Å². The van der Waals surface area contributed by atoms with Gasteiger partial charge in [0.15, 0.2) is 0 Å². The van der Waals surface area contributed by atoms with E-state index >= 15 is 0 Å². The molecule has 100 valence electrons. The summed E-state index contributed by atoms with van der Waals surface area (Å²) in [5.41, 5.74) is 2.39. The third kappa shape index (κ3) is 3.46. The monoisotopic (exact) mass is 264 g/mol. The Morgan fingerprint density at radius 2 is 1.75 bits per heavy atom. The van der Waals surface area contributed by atoms with Crippen LogP contribution in [0.5, 0.6) is 0 Å². The van der Waals surface area contributed by atoms with Gasteiger partial charge in [-0.1, -0.05) is 30.3 Å². The molecule has 0 unspecified atom stereocenters. The van der Waals surface area contributed by atoms with Gasteiger partial charge in [-0.15, -0.1) is 0 Å². The smallest absolute Gasteiger partial charge is 0.253 e. The molecule has 0 aromatic heterocycles. The Morgan fingerprint density at radius 1 is 1.10 bits per heavy atom. The fourth-order valence-electron chi connectivity index (χ4n) is 1.95. The summed E-state index contributed by atoms with van der Waals surface area (Å²) >= 11 is 0. The lowest BCUT2D eigenvalue weighted by Gasteiger charge is -2.17. The van der Waals surface area contributed by atoms with Gasteiger partial charge in [-0.2, -0.15) is 5.26 Å². The van der Waals surface area contributed by atoms with E-state index in [2.05, 4.69) is 12.1 Å². The molecule has 0 heterocycles. The van der Waals surface area contributed by atoms with E-state index < -0.39 is 0 Å². The molecule has 0 atom stereocenters. The fourth-order valence-corrected chi connectivity index (χ4v) is 1.95. The number of benzene rings is 2. The molecule has 3 nitrogen and oxygen atoms in total. The molecule has 0 spiro atoms. The molecule has 0 aliphatic heterocycles. The van der Waals surface area contributed by atoms with Crippen LogP contribution in [0.2, 0.25) is 0 Å². The molecule has 3 heteroatoms. The molecule has 1 amide bonds. The van der Waals surface area contributed by atoms with Crippen molar-refractivity contribution >= 4 is 5.91 Å². The van der Waals surface area contributed by atoms with Gasteiger partial charge >= 0.3 is 0 Å². The number of nitriles is 1. The standard InChI is InChI=1S/C17H16N2O/c1-19(12-11-14-5-3-2-4-6-14)17(20)16-9-7-15(13-18)8-10-16/h2-10H,11-12H2,1H3. The number of carbonyl (C=O) groups is 1. The summed E-state index contributed by atoms with van der Waals surface area (Å²) in [5, 5.41) is 8.74. The van der Waals surface area contributed by atoms with Crippen LogP contribution in [0.25, 0.3) is 0 Å². The number of hydrogen-bond acceptors (Lipinski definition) is 2. The molecule has 0 N–H and O–H groups in total. The normalized spacial score (nSPS) is 9.80. The lowest BCUT2D eigenvalue weighted by Crippen LogP contribution is -2.28. The number of carbonyl (C=O) groups excluding carboxylic acids is 1. The highest BCUT2D eigenvalue weighted by Crippen LogP contribution is 2.07. The maximum Gasteiger partial charge on any atom is 0.253 e. The maximum atomic E-state index is 12.2. The van der Waals surface area contributed by atoms with E-state index in [1.165, 1.54) is 5.56 Å². The summed E-state index contributed by atoms with van der Waals surface area (Å²) in [6.45, 7) is 0.669. The Bertz CT molecular complexity index is 612. The van der Waals surface area contributed by atoms with E-state index in [9.17, 15) is 4.79 Å². The van der Waals surface area contributed by atoms with Crippen LogP contribution in [-0.4, -0.2) is 24.4 Å². The SMILES string of the molecule is CN(CCc1ccccc1)C(=O)c1ccc(C#N)cc1. The van der Waals surface area contributed by atoms with Crippen LogP contribution in [0, 0.1) is 11.3 Å². The Morgan fingerprint density at radius 3 is 2.35 bits per heavy atom. The number of amides is 1. The summed E-state index contributed by atoms with van der Waals surface area (Å²) in [5.74, 6) is -0.0228. The molecule has 0 saturated carbocycles. The largest absolute Gasteiger partial charge is 0.341 e. The van der Waals surface area contributed by atoms with Crippen molar-refractivity contribution in [3.05, 3.63) is 71.3 Å². The van der Waals surface area contributed by atoms with E-state index in [1.54, 1.807) is 36.2 Å². The molecule has 0 saturated heterocycles. The second-order valence-electron chi connectivity index (χ2n) is 4.65. The number of hydrogen-bond donors (Lipinski definition) is 0. The second-order valence-corrected chi connectivity index (χ2v) is 4.65. The Labute approximate surface area is 119 Å². The van der Waals surface area contributed by atoms with E-state index in [0.717, 1.165) is 6.42 Å². The lowest BCUT2D eigenvalue weighted by molar-refractivity contribution is 0.0796. The molecule has 0 radical (unpaired) electrons. The first-order valence-electron chi connectivity index (χ1n) is 6.50. The van der Waals surface area contributed by atoms with Crippen LogP contribution in [-0.2, 0) is 6.42 Å². The predicted molar refractivity (Wildman–Crippen MR) is 78.3 cm³/mol. The molecule has 0 bridgehead atoms. The van der Waals surface area contributed by atoms with Crippen molar-refractivity contribution in [3.8, 4) is 6.07 Å². The number of rotatable bonds is 4. The molecule has 0 aliphatic carbocycles. The average molecular weight is 264 g/mol. The van der Waals surface area contributed by atoms with Gasteiger partial charge in [0, 0.05) is 19.2 Å². The summed E-state index contributed by atoms with van der Waals surface area (Å²) in [4.78, 5) is 13.9. The van der Waals surface area contributed by atoms with Crippen LogP contribution in [0.15, 0.2) is 54.6 Å². The van der Waals surface area contributed by atoms with Gasteiger partial charge in [-0.05, 0) is 36.2 Å². The van der Waals surface area contributed by atoms with Crippen LogP contribution in [0.3, 0.4) is 0 Å². The number of likely N-dealkylation sites (N-methyl/N-ethyl adjacent to an activating group) is 1. The molecule has 0 fully saturated rings. The van der Waals surface area contributed by atoms with Gasteiger partial charge < -0.3 is 4.90 Å². The Hall–Kier alpha value is -2.60. The van der Waals surface area contributed by atoms with Gasteiger partial charge in [-0.25, -0.2) is 0 Å². The van der Waals surface area contributed by atoms with Crippen molar-refractivity contribution < 1.29 is 4.79 Å². The zero-order valence-corrected chi connectivity index (χ0v) is 11.4. The lowest BCUT2D eigenvalue weighted by atomic mass is 10.1. The molecule has 2 rings (SSSR count). The zero-order valence-electron chi connectivity index (χ0n) is 11.4. The summed E-state index contributed by atoms with van der Waals surface area (Å²) in [7, 11) is 1.80. The third-order valence-corrected chi connectivity index (χ3v) is 3.19. The first-order valence-corrected chi connectivity index (χ1v) is 6.50. The minimum absolute atomic E-state index is 0.0228. The summed E-state index contributed by atoms with van der Waals surface area (Å²) < 4.78 is 0. The van der Waals surface area contributed by atoms with Gasteiger partial charge in [-0.3, -0.25) is 4.79 Å². The van der Waals surface area contributed by atoms with E-state index in [0.29, 0.717) is 17.7 Å². The molecular weight excluding hydrogens is 248 g/mol. The van der Waals surface area contributed by atoms with E-state index in [1.807, 2.05) is 24.3 Å². The van der Waals surface area contributed by atoms with Crippen molar-refractivity contribution in [3.63, 3.8) is 0 Å². The van der Waals surface area contributed by atoms with Gasteiger partial charge in [0.1, 0.15) is 0 Å². The second kappa shape index (κ2) is 6.53. The van der Waals surface area contributed by atoms with Gasteiger partial charge in [0.05, 0.1) is 11.6 Å². The van der Waals surface area contributed by atoms with E-state index in [4.69, 9.17) is 5.26 Å². The summed E-state index contributed by atoms with van der Waals surface area (Å²) in [6, 6.07) is 18.9. The molecule has 2 aromatic rings. The quantitative estimate of drug-likeness (QED) is 0.852. The third-order valence-electron chi connectivity index (χ3n) is 3.19. The topological polar surface area (TPSA) is 44.1 Å². The fraction of sp³-hybridized carbons (Fsp3) is 0.176. The molecule has 20 heavy (non-hydrogen) atoms. The molecular formula is C17H16N2O. The Kier molecular flexibility index (Phi) is 4.52. The first kappa shape index (κ1) is 13.8. The average Bonchev–Trinajstić information content (AvgIpc) is 2.53. The highest BCUT2D eigenvalue weighted by Gasteiger charge is 2.11. The van der Waals surface area contributed by atoms with E-state index in [-0.39, 0.29) is 5.91 Å².